The molecule has 0 aromatic heterocycles. The lowest BCUT2D eigenvalue weighted by Crippen LogP contribution is -2.44. The number of nitrogens with zero attached hydrogens (tertiary/aromatic N) is 2. The van der Waals surface area contributed by atoms with Gasteiger partial charge in [-0.25, -0.2) is 8.42 Å². The van der Waals surface area contributed by atoms with Crippen molar-refractivity contribution in [2.75, 3.05) is 32.7 Å². The Kier molecular flexibility index (Phi) is 8.01. The smallest absolute Gasteiger partial charge is 0.244 e. The zero-order valence-corrected chi connectivity index (χ0v) is 19.1. The van der Waals surface area contributed by atoms with Gasteiger partial charge in [-0.3, -0.25) is 9.59 Å². The molecule has 2 heterocycles. The molecule has 2 aliphatic heterocycles. The Hall–Kier alpha value is -1.35. The maximum atomic E-state index is 12.9. The van der Waals surface area contributed by atoms with Crippen LogP contribution in [0.1, 0.15) is 38.5 Å². The number of nitrogens with one attached hydrogen (secondary N) is 1. The number of hydrogen-bond acceptors (Lipinski definition) is 4. The number of benzene rings is 1. The number of piperidine rings is 2. The van der Waals surface area contributed by atoms with E-state index in [9.17, 15) is 18.0 Å². The molecule has 0 saturated carbocycles. The summed E-state index contributed by atoms with van der Waals surface area (Å²) in [6.45, 7) is 2.38. The second kappa shape index (κ2) is 10.3. The van der Waals surface area contributed by atoms with E-state index in [4.69, 9.17) is 23.2 Å². The molecular formula is C20H27Cl2N3O4S. The van der Waals surface area contributed by atoms with Gasteiger partial charge < -0.3 is 10.2 Å². The molecule has 2 fully saturated rings. The molecular weight excluding hydrogens is 449 g/mol. The zero-order valence-electron chi connectivity index (χ0n) is 16.8. The molecule has 0 radical (unpaired) electrons. The van der Waals surface area contributed by atoms with E-state index in [0.29, 0.717) is 30.8 Å². The molecule has 2 saturated heterocycles. The number of carbonyl (C=O) groups is 2. The van der Waals surface area contributed by atoms with E-state index in [1.54, 1.807) is 0 Å². The molecule has 0 unspecified atom stereocenters. The number of rotatable bonds is 6. The van der Waals surface area contributed by atoms with E-state index in [1.165, 1.54) is 28.9 Å². The van der Waals surface area contributed by atoms with Gasteiger partial charge in [0.05, 0.1) is 5.02 Å². The van der Waals surface area contributed by atoms with E-state index in [2.05, 4.69) is 5.32 Å². The summed E-state index contributed by atoms with van der Waals surface area (Å²) in [5.74, 6) is -0.315. The summed E-state index contributed by atoms with van der Waals surface area (Å²) in [4.78, 5) is 26.5. The normalized spacial score (nSPS) is 18.9. The van der Waals surface area contributed by atoms with Gasteiger partial charge in [-0.15, -0.1) is 0 Å². The summed E-state index contributed by atoms with van der Waals surface area (Å²) in [5.41, 5.74) is 0. The lowest BCUT2D eigenvalue weighted by Gasteiger charge is -2.31. The fourth-order valence-corrected chi connectivity index (χ4v) is 6.12. The van der Waals surface area contributed by atoms with Gasteiger partial charge in [0, 0.05) is 50.1 Å². The minimum absolute atomic E-state index is 0.0178. The lowest BCUT2D eigenvalue weighted by molar-refractivity contribution is -0.132. The first kappa shape index (κ1) is 23.3. The van der Waals surface area contributed by atoms with Crippen molar-refractivity contribution in [3.8, 4) is 0 Å². The summed E-state index contributed by atoms with van der Waals surface area (Å²) in [6, 6.07) is 4.34. The number of likely N-dealkylation sites (tertiary alicyclic amines) is 1. The quantitative estimate of drug-likeness (QED) is 0.684. The highest BCUT2D eigenvalue weighted by Crippen LogP contribution is 2.30. The number of hydrogen-bond donors (Lipinski definition) is 1. The SMILES string of the molecule is O=C(NCCC(=O)N1CCCCC1)C1CCN(S(=O)(=O)c2cc(Cl)ccc2Cl)CC1. The molecule has 0 bridgehead atoms. The van der Waals surface area contributed by atoms with Crippen molar-refractivity contribution in [2.24, 2.45) is 5.92 Å². The summed E-state index contributed by atoms with van der Waals surface area (Å²) in [5, 5.41) is 3.25. The molecule has 7 nitrogen and oxygen atoms in total. The van der Waals surface area contributed by atoms with Gasteiger partial charge in [0.15, 0.2) is 0 Å². The van der Waals surface area contributed by atoms with Crippen molar-refractivity contribution in [1.29, 1.82) is 0 Å². The third-order valence-electron chi connectivity index (χ3n) is 5.68. The summed E-state index contributed by atoms with van der Waals surface area (Å²) < 4.78 is 27.1. The van der Waals surface area contributed by atoms with Crippen molar-refractivity contribution in [3.63, 3.8) is 0 Å². The Morgan fingerprint density at radius 1 is 1.03 bits per heavy atom. The van der Waals surface area contributed by atoms with Crippen LogP contribution in [0.15, 0.2) is 23.1 Å². The van der Waals surface area contributed by atoms with Crippen molar-refractivity contribution >= 4 is 45.0 Å². The average Bonchev–Trinajstić information content (AvgIpc) is 2.76. The monoisotopic (exact) mass is 475 g/mol. The topological polar surface area (TPSA) is 86.8 Å². The van der Waals surface area contributed by atoms with Gasteiger partial charge in [0.25, 0.3) is 0 Å². The van der Waals surface area contributed by atoms with Crippen LogP contribution in [0.2, 0.25) is 10.0 Å². The molecule has 0 atom stereocenters. The first-order valence-electron chi connectivity index (χ1n) is 10.3. The number of amides is 2. The third kappa shape index (κ3) is 5.66. The molecule has 0 spiro atoms. The molecule has 10 heteroatoms. The van der Waals surface area contributed by atoms with Crippen LogP contribution in [0.25, 0.3) is 0 Å². The van der Waals surface area contributed by atoms with E-state index in [-0.39, 0.29) is 40.7 Å². The minimum Gasteiger partial charge on any atom is -0.355 e. The maximum Gasteiger partial charge on any atom is 0.244 e. The van der Waals surface area contributed by atoms with Crippen LogP contribution < -0.4 is 5.32 Å². The van der Waals surface area contributed by atoms with Gasteiger partial charge in [0.1, 0.15) is 4.90 Å². The Labute approximate surface area is 187 Å². The lowest BCUT2D eigenvalue weighted by atomic mass is 9.97. The highest BCUT2D eigenvalue weighted by Gasteiger charge is 2.33. The van der Waals surface area contributed by atoms with Gasteiger partial charge in [-0.2, -0.15) is 4.31 Å². The summed E-state index contributed by atoms with van der Waals surface area (Å²) in [7, 11) is -3.77. The van der Waals surface area contributed by atoms with Crippen LogP contribution in [0.3, 0.4) is 0 Å². The molecule has 1 aromatic carbocycles. The molecule has 3 rings (SSSR count). The van der Waals surface area contributed by atoms with Crippen molar-refractivity contribution < 1.29 is 18.0 Å². The van der Waals surface area contributed by atoms with E-state index in [0.717, 1.165) is 25.9 Å². The molecule has 0 aliphatic carbocycles. The second-order valence-electron chi connectivity index (χ2n) is 7.74. The third-order valence-corrected chi connectivity index (χ3v) is 8.30. The van der Waals surface area contributed by atoms with Gasteiger partial charge in [-0.05, 0) is 50.3 Å². The van der Waals surface area contributed by atoms with Crippen LogP contribution in [0.4, 0.5) is 0 Å². The van der Waals surface area contributed by atoms with Gasteiger partial charge >= 0.3 is 0 Å². The summed E-state index contributed by atoms with van der Waals surface area (Å²) in [6.07, 6.45) is 4.39. The van der Waals surface area contributed by atoms with Crippen LogP contribution >= 0.6 is 23.2 Å². The molecule has 166 valence electrons. The Balaban J connectivity index is 1.47. The Morgan fingerprint density at radius 3 is 2.37 bits per heavy atom. The molecule has 1 aromatic rings. The highest BCUT2D eigenvalue weighted by atomic mass is 35.5. The average molecular weight is 476 g/mol. The molecule has 30 heavy (non-hydrogen) atoms. The Bertz CT molecular complexity index is 880. The maximum absolute atomic E-state index is 12.9. The minimum atomic E-state index is -3.77. The predicted molar refractivity (Wildman–Crippen MR) is 116 cm³/mol. The van der Waals surface area contributed by atoms with Crippen molar-refractivity contribution in [3.05, 3.63) is 28.2 Å². The first-order chi connectivity index (χ1) is 14.3. The summed E-state index contributed by atoms with van der Waals surface area (Å²) >= 11 is 12.0. The van der Waals surface area contributed by atoms with E-state index < -0.39 is 10.0 Å². The first-order valence-corrected chi connectivity index (χ1v) is 12.5. The standard InChI is InChI=1S/C20H27Cl2N3O4S/c21-16-4-5-17(22)18(14-16)30(28,29)25-12-7-15(8-13-25)20(27)23-9-6-19(26)24-10-2-1-3-11-24/h4-5,14-15H,1-3,6-13H2,(H,23,27). The molecule has 1 N–H and O–H groups in total. The van der Waals surface area contributed by atoms with Crippen molar-refractivity contribution in [1.82, 2.24) is 14.5 Å². The van der Waals surface area contributed by atoms with Crippen LogP contribution in [-0.4, -0.2) is 62.2 Å². The highest BCUT2D eigenvalue weighted by molar-refractivity contribution is 7.89. The number of sulfonamides is 1. The fraction of sp³-hybridized carbons (Fsp3) is 0.600. The Morgan fingerprint density at radius 2 is 1.70 bits per heavy atom. The fourth-order valence-electron chi connectivity index (χ4n) is 3.91. The van der Waals surface area contributed by atoms with Gasteiger partial charge in [0.2, 0.25) is 21.8 Å². The number of carbonyl (C=O) groups excluding carboxylic acids is 2. The van der Waals surface area contributed by atoms with Crippen LogP contribution in [0, 0.1) is 5.92 Å². The van der Waals surface area contributed by atoms with Crippen molar-refractivity contribution in [2.45, 2.75) is 43.4 Å². The largest absolute Gasteiger partial charge is 0.355 e. The van der Waals surface area contributed by atoms with Crippen LogP contribution in [0.5, 0.6) is 0 Å². The second-order valence-corrected chi connectivity index (χ2v) is 10.5. The van der Waals surface area contributed by atoms with Crippen LogP contribution in [-0.2, 0) is 19.6 Å². The van der Waals surface area contributed by atoms with E-state index >= 15 is 0 Å². The predicted octanol–water partition coefficient (Wildman–Crippen LogP) is 2.91. The van der Waals surface area contributed by atoms with E-state index in [1.807, 2.05) is 4.90 Å². The zero-order chi connectivity index (χ0) is 21.7. The van der Waals surface area contributed by atoms with Gasteiger partial charge in [-0.1, -0.05) is 23.2 Å². The molecule has 2 amide bonds. The number of halogens is 2. The molecule has 2 aliphatic rings.